The molecule has 4 nitrogen and oxygen atoms in total. The lowest BCUT2D eigenvalue weighted by atomic mass is 9.86. The normalized spacial score (nSPS) is 23.8. The predicted molar refractivity (Wildman–Crippen MR) is 69.3 cm³/mol. The van der Waals surface area contributed by atoms with Crippen LogP contribution < -0.4 is 5.32 Å². The van der Waals surface area contributed by atoms with Gasteiger partial charge in [-0.25, -0.2) is 0 Å². The Morgan fingerprint density at radius 3 is 2.72 bits per heavy atom. The second-order valence-corrected chi connectivity index (χ2v) is 4.91. The molecule has 2 N–H and O–H groups in total. The van der Waals surface area contributed by atoms with Crippen molar-refractivity contribution in [3.05, 3.63) is 30.1 Å². The van der Waals surface area contributed by atoms with Crippen LogP contribution in [0.15, 0.2) is 24.4 Å². The van der Waals surface area contributed by atoms with Gasteiger partial charge in [0.2, 0.25) is 0 Å². The van der Waals surface area contributed by atoms with E-state index in [4.69, 9.17) is 5.11 Å². The van der Waals surface area contributed by atoms with E-state index in [1.165, 1.54) is 0 Å². The largest absolute Gasteiger partial charge is 0.481 e. The van der Waals surface area contributed by atoms with Crippen LogP contribution in [0, 0.1) is 5.92 Å². The smallest absolute Gasteiger partial charge is 0.306 e. The molecule has 0 atom stereocenters. The van der Waals surface area contributed by atoms with Gasteiger partial charge in [0, 0.05) is 30.9 Å². The lowest BCUT2D eigenvalue weighted by Gasteiger charge is -2.26. The Morgan fingerprint density at radius 2 is 2.11 bits per heavy atom. The van der Waals surface area contributed by atoms with Gasteiger partial charge < -0.3 is 10.4 Å². The van der Waals surface area contributed by atoms with Crippen LogP contribution in [0.5, 0.6) is 0 Å². The monoisotopic (exact) mass is 248 g/mol. The molecule has 98 valence electrons. The van der Waals surface area contributed by atoms with Gasteiger partial charge in [-0.1, -0.05) is 6.07 Å². The lowest BCUT2D eigenvalue weighted by Crippen LogP contribution is -2.36. The number of aliphatic carboxylic acids is 1. The van der Waals surface area contributed by atoms with E-state index in [-0.39, 0.29) is 5.92 Å². The molecule has 0 radical (unpaired) electrons. The van der Waals surface area contributed by atoms with E-state index in [2.05, 4.69) is 10.3 Å². The molecule has 0 unspecified atom stereocenters. The van der Waals surface area contributed by atoms with Gasteiger partial charge >= 0.3 is 5.97 Å². The van der Waals surface area contributed by atoms with Crippen LogP contribution in [0.2, 0.25) is 0 Å². The van der Waals surface area contributed by atoms with Crippen molar-refractivity contribution < 1.29 is 9.90 Å². The van der Waals surface area contributed by atoms with Gasteiger partial charge in [0.25, 0.3) is 0 Å². The number of nitrogens with zero attached hydrogens (tertiary/aromatic N) is 1. The molecular weight excluding hydrogens is 228 g/mol. The number of aromatic nitrogens is 1. The summed E-state index contributed by atoms with van der Waals surface area (Å²) in [6.07, 6.45) is 6.29. The van der Waals surface area contributed by atoms with Crippen LogP contribution in [0.4, 0.5) is 0 Å². The zero-order valence-electron chi connectivity index (χ0n) is 10.5. The molecular formula is C14H20N2O2. The van der Waals surface area contributed by atoms with Gasteiger partial charge in [0.05, 0.1) is 5.92 Å². The van der Waals surface area contributed by atoms with Crippen molar-refractivity contribution in [3.63, 3.8) is 0 Å². The van der Waals surface area contributed by atoms with E-state index >= 15 is 0 Å². The van der Waals surface area contributed by atoms with E-state index in [0.29, 0.717) is 6.04 Å². The quantitative estimate of drug-likeness (QED) is 0.835. The van der Waals surface area contributed by atoms with Crippen LogP contribution in [-0.2, 0) is 11.2 Å². The first kappa shape index (κ1) is 13.0. The Morgan fingerprint density at radius 1 is 1.33 bits per heavy atom. The zero-order chi connectivity index (χ0) is 12.8. The molecule has 1 aromatic heterocycles. The molecule has 1 saturated carbocycles. The number of rotatable bonds is 5. The molecule has 2 rings (SSSR count). The molecule has 0 saturated heterocycles. The lowest BCUT2D eigenvalue weighted by molar-refractivity contribution is -0.142. The van der Waals surface area contributed by atoms with Crippen LogP contribution in [-0.4, -0.2) is 28.6 Å². The number of carboxylic acid groups (broad SMARTS) is 1. The third-order valence-corrected chi connectivity index (χ3v) is 3.62. The number of hydrogen-bond donors (Lipinski definition) is 2. The summed E-state index contributed by atoms with van der Waals surface area (Å²) in [5, 5.41) is 12.4. The molecule has 1 fully saturated rings. The SMILES string of the molecule is O=C(O)C1CCC(NCCc2ccccn2)CC1. The second-order valence-electron chi connectivity index (χ2n) is 4.91. The van der Waals surface area contributed by atoms with Gasteiger partial charge in [-0.3, -0.25) is 9.78 Å². The molecule has 1 aliphatic rings. The number of hydrogen-bond acceptors (Lipinski definition) is 3. The fourth-order valence-corrected chi connectivity index (χ4v) is 2.49. The maximum absolute atomic E-state index is 10.8. The summed E-state index contributed by atoms with van der Waals surface area (Å²) in [5.74, 6) is -0.763. The molecule has 4 heteroatoms. The van der Waals surface area contributed by atoms with E-state index in [1.54, 1.807) is 0 Å². The van der Waals surface area contributed by atoms with Crippen LogP contribution in [0.3, 0.4) is 0 Å². The fourth-order valence-electron chi connectivity index (χ4n) is 2.49. The minimum atomic E-state index is -0.637. The molecule has 0 spiro atoms. The van der Waals surface area contributed by atoms with E-state index in [9.17, 15) is 4.79 Å². The third kappa shape index (κ3) is 3.81. The highest BCUT2D eigenvalue weighted by Crippen LogP contribution is 2.24. The average Bonchev–Trinajstić information content (AvgIpc) is 2.40. The average molecular weight is 248 g/mol. The van der Waals surface area contributed by atoms with Crippen molar-refractivity contribution in [2.24, 2.45) is 5.92 Å². The predicted octanol–water partition coefficient (Wildman–Crippen LogP) is 1.86. The number of nitrogens with one attached hydrogen (secondary N) is 1. The number of carboxylic acids is 1. The summed E-state index contributed by atoms with van der Waals surface area (Å²) in [7, 11) is 0. The second kappa shape index (κ2) is 6.50. The van der Waals surface area contributed by atoms with Crippen molar-refractivity contribution in [1.82, 2.24) is 10.3 Å². The Bertz CT molecular complexity index is 373. The molecule has 0 amide bonds. The maximum atomic E-state index is 10.8. The van der Waals surface area contributed by atoms with Gasteiger partial charge in [-0.2, -0.15) is 0 Å². The highest BCUT2D eigenvalue weighted by Gasteiger charge is 2.25. The first-order valence-corrected chi connectivity index (χ1v) is 6.62. The van der Waals surface area contributed by atoms with Crippen molar-refractivity contribution in [1.29, 1.82) is 0 Å². The van der Waals surface area contributed by atoms with Crippen molar-refractivity contribution in [2.75, 3.05) is 6.54 Å². The van der Waals surface area contributed by atoms with Crippen molar-refractivity contribution in [2.45, 2.75) is 38.1 Å². The Kier molecular flexibility index (Phi) is 4.70. The fraction of sp³-hybridized carbons (Fsp3) is 0.571. The molecule has 18 heavy (non-hydrogen) atoms. The molecule has 0 aromatic carbocycles. The summed E-state index contributed by atoms with van der Waals surface area (Å²) in [6.45, 7) is 0.916. The molecule has 1 heterocycles. The first-order chi connectivity index (χ1) is 8.75. The third-order valence-electron chi connectivity index (χ3n) is 3.62. The van der Waals surface area contributed by atoms with Crippen molar-refractivity contribution >= 4 is 5.97 Å². The number of carbonyl (C=O) groups is 1. The summed E-state index contributed by atoms with van der Waals surface area (Å²) < 4.78 is 0. The minimum absolute atomic E-state index is 0.126. The maximum Gasteiger partial charge on any atom is 0.306 e. The Balaban J connectivity index is 1.65. The summed E-state index contributed by atoms with van der Waals surface area (Å²) in [6, 6.07) is 6.43. The highest BCUT2D eigenvalue weighted by molar-refractivity contribution is 5.70. The van der Waals surface area contributed by atoms with E-state index in [0.717, 1.165) is 44.3 Å². The summed E-state index contributed by atoms with van der Waals surface area (Å²) >= 11 is 0. The van der Waals surface area contributed by atoms with Gasteiger partial charge in [0.1, 0.15) is 0 Å². The highest BCUT2D eigenvalue weighted by atomic mass is 16.4. The molecule has 0 aliphatic heterocycles. The summed E-state index contributed by atoms with van der Waals surface area (Å²) in [4.78, 5) is 15.1. The number of pyridine rings is 1. The Hall–Kier alpha value is -1.42. The molecule has 1 aliphatic carbocycles. The van der Waals surface area contributed by atoms with Crippen LogP contribution >= 0.6 is 0 Å². The molecule has 0 bridgehead atoms. The van der Waals surface area contributed by atoms with Gasteiger partial charge in [0.15, 0.2) is 0 Å². The topological polar surface area (TPSA) is 62.2 Å². The minimum Gasteiger partial charge on any atom is -0.481 e. The standard InChI is InChI=1S/C14H20N2O2/c17-14(18)11-4-6-13(7-5-11)16-10-8-12-3-1-2-9-15-12/h1-3,9,11,13,16H,4-8,10H2,(H,17,18). The Labute approximate surface area is 107 Å². The summed E-state index contributed by atoms with van der Waals surface area (Å²) in [5.41, 5.74) is 1.10. The molecule has 1 aromatic rings. The van der Waals surface area contributed by atoms with Crippen LogP contribution in [0.1, 0.15) is 31.4 Å². The first-order valence-electron chi connectivity index (χ1n) is 6.62. The van der Waals surface area contributed by atoms with Gasteiger partial charge in [-0.05, 0) is 37.8 Å². The van der Waals surface area contributed by atoms with E-state index < -0.39 is 5.97 Å². The van der Waals surface area contributed by atoms with Gasteiger partial charge in [-0.15, -0.1) is 0 Å². The van der Waals surface area contributed by atoms with Crippen molar-refractivity contribution in [3.8, 4) is 0 Å². The zero-order valence-corrected chi connectivity index (χ0v) is 10.5. The van der Waals surface area contributed by atoms with E-state index in [1.807, 2.05) is 24.4 Å². The van der Waals surface area contributed by atoms with Crippen LogP contribution in [0.25, 0.3) is 0 Å².